The molecule has 0 bridgehead atoms. The minimum Gasteiger partial charge on any atom is -0.485 e. The number of hydrogen-bond donors (Lipinski definition) is 2. The van der Waals surface area contributed by atoms with Crippen molar-refractivity contribution >= 4 is 0 Å². The van der Waals surface area contributed by atoms with Gasteiger partial charge in [0.15, 0.2) is 11.6 Å². The lowest BCUT2D eigenvalue weighted by atomic mass is 10.1. The average Bonchev–Trinajstić information content (AvgIpc) is 2.33. The molecule has 0 amide bonds. The van der Waals surface area contributed by atoms with Crippen LogP contribution >= 0.6 is 0 Å². The van der Waals surface area contributed by atoms with E-state index in [1.807, 2.05) is 6.07 Å². The Balaban J connectivity index is 2.80. The van der Waals surface area contributed by atoms with E-state index in [0.717, 1.165) is 18.5 Å². The van der Waals surface area contributed by atoms with Crippen molar-refractivity contribution < 1.29 is 14.2 Å². The molecule has 0 aliphatic heterocycles. The first-order chi connectivity index (χ1) is 8.56. The zero-order valence-electron chi connectivity index (χ0n) is 11.2. The molecule has 1 aromatic carbocycles. The predicted octanol–water partition coefficient (Wildman–Crippen LogP) is 2.47. The van der Waals surface area contributed by atoms with Crippen LogP contribution in [0.5, 0.6) is 5.75 Å². The predicted molar refractivity (Wildman–Crippen MR) is 70.2 cm³/mol. The van der Waals surface area contributed by atoms with Crippen molar-refractivity contribution in [3.63, 3.8) is 0 Å². The van der Waals surface area contributed by atoms with Crippen LogP contribution in [0.4, 0.5) is 4.39 Å². The molecule has 0 fully saturated rings. The number of aliphatic hydroxyl groups excluding tert-OH is 1. The molecule has 4 heteroatoms. The average molecular weight is 255 g/mol. The van der Waals surface area contributed by atoms with Crippen LogP contribution in [0.15, 0.2) is 18.2 Å². The summed E-state index contributed by atoms with van der Waals surface area (Å²) in [6.45, 7) is 6.86. The van der Waals surface area contributed by atoms with Crippen molar-refractivity contribution in [1.29, 1.82) is 0 Å². The molecular formula is C14H22FNO2. The number of rotatable bonds is 7. The van der Waals surface area contributed by atoms with Gasteiger partial charge in [-0.1, -0.05) is 19.1 Å². The summed E-state index contributed by atoms with van der Waals surface area (Å²) >= 11 is 0. The Morgan fingerprint density at radius 2 is 2.11 bits per heavy atom. The minimum absolute atomic E-state index is 0.231. The molecular weight excluding hydrogens is 233 g/mol. The lowest BCUT2D eigenvalue weighted by molar-refractivity contribution is 0.0571. The molecule has 2 N–H and O–H groups in total. The third-order valence-corrected chi connectivity index (χ3v) is 2.77. The highest BCUT2D eigenvalue weighted by Gasteiger charge is 2.16. The number of halogens is 1. The van der Waals surface area contributed by atoms with Crippen molar-refractivity contribution in [2.75, 3.05) is 6.54 Å². The fourth-order valence-corrected chi connectivity index (χ4v) is 1.51. The minimum atomic E-state index is -0.638. The number of para-hydroxylation sites is 1. The zero-order chi connectivity index (χ0) is 13.5. The van der Waals surface area contributed by atoms with Crippen LogP contribution in [0.2, 0.25) is 0 Å². The van der Waals surface area contributed by atoms with E-state index in [1.165, 1.54) is 6.07 Å². The SMILES string of the molecule is CCCNCc1cccc(F)c1OC(C)C(C)O. The molecule has 1 aromatic rings. The first kappa shape index (κ1) is 14.9. The lowest BCUT2D eigenvalue weighted by Gasteiger charge is -2.20. The summed E-state index contributed by atoms with van der Waals surface area (Å²) in [6.07, 6.45) is -0.0526. The summed E-state index contributed by atoms with van der Waals surface area (Å²) in [5.41, 5.74) is 0.774. The normalized spacial score (nSPS) is 14.3. The van der Waals surface area contributed by atoms with Crippen LogP contribution in [-0.2, 0) is 6.54 Å². The van der Waals surface area contributed by atoms with E-state index >= 15 is 0 Å². The van der Waals surface area contributed by atoms with Crippen LogP contribution in [0, 0.1) is 5.82 Å². The molecule has 102 valence electrons. The summed E-state index contributed by atoms with van der Waals surface area (Å²) in [7, 11) is 0. The van der Waals surface area contributed by atoms with Crippen LogP contribution < -0.4 is 10.1 Å². The molecule has 0 aromatic heterocycles. The van der Waals surface area contributed by atoms with Gasteiger partial charge in [0.25, 0.3) is 0 Å². The first-order valence-electron chi connectivity index (χ1n) is 6.39. The van der Waals surface area contributed by atoms with Gasteiger partial charge in [-0.2, -0.15) is 0 Å². The van der Waals surface area contributed by atoms with Crippen LogP contribution in [0.3, 0.4) is 0 Å². The van der Waals surface area contributed by atoms with Crippen LogP contribution in [-0.4, -0.2) is 23.9 Å². The number of nitrogens with one attached hydrogen (secondary N) is 1. The first-order valence-corrected chi connectivity index (χ1v) is 6.39. The van der Waals surface area contributed by atoms with Crippen molar-refractivity contribution in [3.8, 4) is 5.75 Å². The van der Waals surface area contributed by atoms with Gasteiger partial charge in [-0.3, -0.25) is 0 Å². The van der Waals surface area contributed by atoms with Crippen molar-refractivity contribution in [3.05, 3.63) is 29.6 Å². The second-order valence-corrected chi connectivity index (χ2v) is 4.47. The van der Waals surface area contributed by atoms with Crippen LogP contribution in [0.1, 0.15) is 32.8 Å². The van der Waals surface area contributed by atoms with E-state index in [0.29, 0.717) is 6.54 Å². The monoisotopic (exact) mass is 255 g/mol. The molecule has 0 spiro atoms. The highest BCUT2D eigenvalue weighted by molar-refractivity contribution is 5.35. The van der Waals surface area contributed by atoms with E-state index in [2.05, 4.69) is 12.2 Å². The zero-order valence-corrected chi connectivity index (χ0v) is 11.2. The molecule has 0 aliphatic rings. The Bertz CT molecular complexity index is 369. The fourth-order valence-electron chi connectivity index (χ4n) is 1.51. The van der Waals surface area contributed by atoms with E-state index in [9.17, 15) is 9.50 Å². The molecule has 2 atom stereocenters. The molecule has 0 saturated heterocycles. The molecule has 1 rings (SSSR count). The summed E-state index contributed by atoms with van der Waals surface area (Å²) in [5.74, 6) is -0.159. The Kier molecular flexibility index (Phi) is 6.09. The summed E-state index contributed by atoms with van der Waals surface area (Å²) in [6, 6.07) is 4.86. The number of benzene rings is 1. The van der Waals surface area contributed by atoms with Gasteiger partial charge in [-0.15, -0.1) is 0 Å². The van der Waals surface area contributed by atoms with Gasteiger partial charge < -0.3 is 15.2 Å². The highest BCUT2D eigenvalue weighted by atomic mass is 19.1. The standard InChI is InChI=1S/C14H22FNO2/c1-4-8-16-9-12-6-5-7-13(15)14(12)18-11(3)10(2)17/h5-7,10-11,16-17H,4,8-9H2,1-3H3. The Morgan fingerprint density at radius 3 is 2.72 bits per heavy atom. The van der Waals surface area contributed by atoms with Gasteiger partial charge >= 0.3 is 0 Å². The maximum atomic E-state index is 13.7. The quantitative estimate of drug-likeness (QED) is 0.735. The lowest BCUT2D eigenvalue weighted by Crippen LogP contribution is -2.27. The van der Waals surface area contributed by atoms with Gasteiger partial charge in [-0.25, -0.2) is 4.39 Å². The molecule has 0 saturated carbocycles. The van der Waals surface area contributed by atoms with E-state index in [-0.39, 0.29) is 5.75 Å². The molecule has 18 heavy (non-hydrogen) atoms. The van der Waals surface area contributed by atoms with E-state index in [1.54, 1.807) is 19.9 Å². The Morgan fingerprint density at radius 1 is 1.39 bits per heavy atom. The Labute approximate surface area is 108 Å². The smallest absolute Gasteiger partial charge is 0.165 e. The van der Waals surface area contributed by atoms with Gasteiger partial charge in [0, 0.05) is 12.1 Å². The number of hydrogen-bond acceptors (Lipinski definition) is 3. The van der Waals surface area contributed by atoms with Gasteiger partial charge in [0.1, 0.15) is 6.10 Å². The molecule has 0 aliphatic carbocycles. The molecule has 2 unspecified atom stereocenters. The summed E-state index contributed by atoms with van der Waals surface area (Å²) in [5, 5.41) is 12.6. The van der Waals surface area contributed by atoms with Gasteiger partial charge in [-0.05, 0) is 32.9 Å². The van der Waals surface area contributed by atoms with Gasteiger partial charge in [0.2, 0.25) is 0 Å². The van der Waals surface area contributed by atoms with E-state index in [4.69, 9.17) is 4.74 Å². The maximum Gasteiger partial charge on any atom is 0.165 e. The number of ether oxygens (including phenoxy) is 1. The topological polar surface area (TPSA) is 41.5 Å². The molecule has 0 radical (unpaired) electrons. The maximum absolute atomic E-state index is 13.7. The fraction of sp³-hybridized carbons (Fsp3) is 0.571. The third-order valence-electron chi connectivity index (χ3n) is 2.77. The summed E-state index contributed by atoms with van der Waals surface area (Å²) in [4.78, 5) is 0. The Hall–Kier alpha value is -1.13. The third kappa shape index (κ3) is 4.27. The number of aliphatic hydroxyl groups is 1. The van der Waals surface area contributed by atoms with Crippen LogP contribution in [0.25, 0.3) is 0 Å². The van der Waals surface area contributed by atoms with E-state index < -0.39 is 18.0 Å². The molecule has 0 heterocycles. The van der Waals surface area contributed by atoms with Crippen molar-refractivity contribution in [2.24, 2.45) is 0 Å². The summed E-state index contributed by atoms with van der Waals surface area (Å²) < 4.78 is 19.3. The van der Waals surface area contributed by atoms with Gasteiger partial charge in [0.05, 0.1) is 6.10 Å². The largest absolute Gasteiger partial charge is 0.485 e. The molecule has 3 nitrogen and oxygen atoms in total. The highest BCUT2D eigenvalue weighted by Crippen LogP contribution is 2.24. The van der Waals surface area contributed by atoms with Crippen molar-refractivity contribution in [2.45, 2.75) is 45.9 Å². The van der Waals surface area contributed by atoms with Crippen molar-refractivity contribution in [1.82, 2.24) is 5.32 Å². The second-order valence-electron chi connectivity index (χ2n) is 4.47. The second kappa shape index (κ2) is 7.34.